The van der Waals surface area contributed by atoms with Crippen molar-refractivity contribution in [2.75, 3.05) is 52.4 Å². The van der Waals surface area contributed by atoms with Crippen LogP contribution in [0.15, 0.2) is 60.7 Å². The van der Waals surface area contributed by atoms with Crippen molar-refractivity contribution in [3.05, 3.63) is 77.5 Å². The number of piperidine rings is 2. The molecule has 3 amide bonds. The molecule has 5 heterocycles. The molecule has 0 aliphatic carbocycles. The number of aryl methyl sites for hydroxylation is 1. The number of nitriles is 1. The van der Waals surface area contributed by atoms with E-state index in [9.17, 15) is 19.6 Å². The molecule has 0 unspecified atom stereocenters. The van der Waals surface area contributed by atoms with Crippen LogP contribution >= 0.6 is 0 Å². The third kappa shape index (κ3) is 6.50. The minimum Gasteiger partial charge on any atom is -0.347 e. The summed E-state index contributed by atoms with van der Waals surface area (Å²) in [6.45, 7) is 9.33. The van der Waals surface area contributed by atoms with Crippen molar-refractivity contribution >= 4 is 28.6 Å². The normalized spacial score (nSPS) is 18.0. The van der Waals surface area contributed by atoms with Crippen LogP contribution in [0.1, 0.15) is 54.2 Å². The fourth-order valence-electron chi connectivity index (χ4n) is 8.05. The molecule has 7 rings (SSSR count). The number of hydrogen-bond acceptors (Lipinski definition) is 6. The number of carbonyl (C=O) groups is 3. The van der Waals surface area contributed by atoms with Gasteiger partial charge in [-0.25, -0.2) is 4.98 Å². The number of nitrogens with zero attached hydrogens (tertiary/aromatic N) is 7. The van der Waals surface area contributed by atoms with Gasteiger partial charge in [-0.2, -0.15) is 5.26 Å². The van der Waals surface area contributed by atoms with E-state index in [-0.39, 0.29) is 23.6 Å². The molecule has 3 aliphatic rings. The average molecular weight is 672 g/mol. The molecule has 10 heteroatoms. The molecule has 0 N–H and O–H groups in total. The summed E-state index contributed by atoms with van der Waals surface area (Å²) in [5.41, 5.74) is 6.40. The van der Waals surface area contributed by atoms with Gasteiger partial charge in [-0.3, -0.25) is 19.3 Å². The summed E-state index contributed by atoms with van der Waals surface area (Å²) in [6, 6.07) is 22.5. The monoisotopic (exact) mass is 671 g/mol. The largest absolute Gasteiger partial charge is 0.347 e. The summed E-state index contributed by atoms with van der Waals surface area (Å²) in [5, 5.41) is 10.8. The fraction of sp³-hybridized carbons (Fsp3) is 0.425. The van der Waals surface area contributed by atoms with Gasteiger partial charge in [0.15, 0.2) is 0 Å². The summed E-state index contributed by atoms with van der Waals surface area (Å²) in [6.07, 6.45) is 3.40. The molecule has 10 nitrogen and oxygen atoms in total. The molecule has 0 saturated carbocycles. The second kappa shape index (κ2) is 14.1. The lowest BCUT2D eigenvalue weighted by Crippen LogP contribution is -2.55. The zero-order valence-electron chi connectivity index (χ0n) is 29.3. The van der Waals surface area contributed by atoms with E-state index in [2.05, 4.69) is 11.0 Å². The minimum atomic E-state index is -0.00364. The Balaban J connectivity index is 1.03. The van der Waals surface area contributed by atoms with Gasteiger partial charge in [0.05, 0.1) is 17.0 Å². The highest BCUT2D eigenvalue weighted by molar-refractivity contribution is 5.97. The molecule has 3 fully saturated rings. The van der Waals surface area contributed by atoms with Crippen LogP contribution in [0.5, 0.6) is 0 Å². The summed E-state index contributed by atoms with van der Waals surface area (Å²) in [7, 11) is 1.97. The lowest BCUT2D eigenvalue weighted by atomic mass is 9.93. The molecule has 3 aliphatic heterocycles. The van der Waals surface area contributed by atoms with Crippen molar-refractivity contribution in [3.63, 3.8) is 0 Å². The van der Waals surface area contributed by atoms with Gasteiger partial charge in [-0.1, -0.05) is 36.4 Å². The maximum Gasteiger partial charge on any atom is 0.254 e. The molecule has 2 aromatic heterocycles. The Morgan fingerprint density at radius 2 is 1.40 bits per heavy atom. The first-order chi connectivity index (χ1) is 24.2. The van der Waals surface area contributed by atoms with Crippen LogP contribution in [-0.4, -0.2) is 105 Å². The van der Waals surface area contributed by atoms with E-state index in [1.54, 1.807) is 6.92 Å². The second-order valence-electron chi connectivity index (χ2n) is 14.0. The summed E-state index contributed by atoms with van der Waals surface area (Å²) >= 11 is 0. The van der Waals surface area contributed by atoms with Crippen LogP contribution in [0.4, 0.5) is 0 Å². The van der Waals surface area contributed by atoms with Crippen molar-refractivity contribution in [1.82, 2.24) is 29.2 Å². The molecule has 0 bridgehead atoms. The SMILES string of the molecule is CC(=O)N1CCC(C(=O)N2CCC(N3CCN(C(=O)c4cc(-c5ccccc5)nc(-c5ccc6c(c5)c(C#N)c(C)n6C)c4)CC3)CC2)CC1. The highest BCUT2D eigenvalue weighted by Gasteiger charge is 2.34. The van der Waals surface area contributed by atoms with Crippen molar-refractivity contribution in [2.24, 2.45) is 13.0 Å². The standard InChI is InChI=1S/C40H45N7O3/c1-27-35(26-41)34-23-31(9-10-38(34)43(27)3)37-25-32(24-36(42-37)29-7-5-4-6-8-29)40(50)47-21-19-45(20-22-47)33-13-17-46(18-14-33)39(49)30-11-15-44(16-12-30)28(2)48/h4-10,23-25,30,33H,11-22H2,1-3H3. The third-order valence-corrected chi connectivity index (χ3v) is 11.2. The van der Waals surface area contributed by atoms with E-state index in [0.717, 1.165) is 85.3 Å². The zero-order valence-corrected chi connectivity index (χ0v) is 29.3. The van der Waals surface area contributed by atoms with E-state index in [4.69, 9.17) is 4.98 Å². The Morgan fingerprint density at radius 1 is 0.760 bits per heavy atom. The van der Waals surface area contributed by atoms with E-state index in [1.165, 1.54) is 0 Å². The quantitative estimate of drug-likeness (QED) is 0.293. The number of fused-ring (bicyclic) bond motifs is 1. The Morgan fingerprint density at radius 3 is 2.04 bits per heavy atom. The third-order valence-electron chi connectivity index (χ3n) is 11.2. The zero-order chi connectivity index (χ0) is 34.9. The molecule has 3 saturated heterocycles. The Kier molecular flexibility index (Phi) is 9.43. The number of aromatic nitrogens is 2. The lowest BCUT2D eigenvalue weighted by Gasteiger charge is -2.43. The van der Waals surface area contributed by atoms with Crippen molar-refractivity contribution in [3.8, 4) is 28.6 Å². The lowest BCUT2D eigenvalue weighted by molar-refractivity contribution is -0.141. The number of pyridine rings is 1. The Labute approximate surface area is 293 Å². The molecule has 0 radical (unpaired) electrons. The number of piperazine rings is 1. The number of hydrogen-bond donors (Lipinski definition) is 0. The predicted octanol–water partition coefficient (Wildman–Crippen LogP) is 5.09. The highest BCUT2D eigenvalue weighted by Crippen LogP contribution is 2.32. The van der Waals surface area contributed by atoms with Crippen LogP contribution < -0.4 is 0 Å². The topological polar surface area (TPSA) is 106 Å². The van der Waals surface area contributed by atoms with E-state index < -0.39 is 0 Å². The maximum absolute atomic E-state index is 14.1. The fourth-order valence-corrected chi connectivity index (χ4v) is 8.05. The van der Waals surface area contributed by atoms with Crippen LogP contribution in [0, 0.1) is 24.2 Å². The van der Waals surface area contributed by atoms with Gasteiger partial charge in [0, 0.05) is 112 Å². The Hall–Kier alpha value is -5.01. The molecule has 2 aromatic carbocycles. The average Bonchev–Trinajstić information content (AvgIpc) is 3.41. The van der Waals surface area contributed by atoms with Crippen LogP contribution in [0.3, 0.4) is 0 Å². The van der Waals surface area contributed by atoms with Crippen molar-refractivity contribution in [1.29, 1.82) is 5.26 Å². The maximum atomic E-state index is 14.1. The first-order valence-corrected chi connectivity index (χ1v) is 17.9. The molecule has 258 valence electrons. The van der Waals surface area contributed by atoms with Gasteiger partial charge < -0.3 is 19.3 Å². The Bertz CT molecular complexity index is 1960. The first-order valence-electron chi connectivity index (χ1n) is 17.9. The van der Waals surface area contributed by atoms with E-state index in [1.807, 2.05) is 93.9 Å². The second-order valence-corrected chi connectivity index (χ2v) is 14.0. The van der Waals surface area contributed by atoms with Gasteiger partial charge in [-0.05, 0) is 56.9 Å². The number of benzene rings is 2. The van der Waals surface area contributed by atoms with E-state index >= 15 is 0 Å². The molecule has 0 spiro atoms. The number of rotatable bonds is 5. The smallest absolute Gasteiger partial charge is 0.254 e. The first kappa shape index (κ1) is 33.5. The van der Waals surface area contributed by atoms with Gasteiger partial charge >= 0.3 is 0 Å². The predicted molar refractivity (Wildman–Crippen MR) is 193 cm³/mol. The molecule has 4 aromatic rings. The molecule has 50 heavy (non-hydrogen) atoms. The molecular formula is C40H45N7O3. The highest BCUT2D eigenvalue weighted by atomic mass is 16.2. The molecular weight excluding hydrogens is 626 g/mol. The van der Waals surface area contributed by atoms with Crippen molar-refractivity contribution < 1.29 is 14.4 Å². The minimum absolute atomic E-state index is 0.00364. The number of amides is 3. The summed E-state index contributed by atoms with van der Waals surface area (Å²) < 4.78 is 2.03. The molecule has 0 atom stereocenters. The van der Waals surface area contributed by atoms with Gasteiger partial charge in [0.1, 0.15) is 6.07 Å². The van der Waals surface area contributed by atoms with Crippen molar-refractivity contribution in [2.45, 2.75) is 45.6 Å². The van der Waals surface area contributed by atoms with Crippen LogP contribution in [0.25, 0.3) is 33.4 Å². The van der Waals surface area contributed by atoms with Crippen LogP contribution in [-0.2, 0) is 16.6 Å². The van der Waals surface area contributed by atoms with Gasteiger partial charge in [0.2, 0.25) is 11.8 Å². The van der Waals surface area contributed by atoms with Gasteiger partial charge in [-0.15, -0.1) is 0 Å². The van der Waals surface area contributed by atoms with E-state index in [0.29, 0.717) is 49.0 Å². The van der Waals surface area contributed by atoms with Gasteiger partial charge in [0.25, 0.3) is 5.91 Å². The number of carbonyl (C=O) groups excluding carboxylic acids is 3. The summed E-state index contributed by atoms with van der Waals surface area (Å²) in [4.78, 5) is 52.4. The summed E-state index contributed by atoms with van der Waals surface area (Å²) in [5.74, 6) is 0.357. The number of likely N-dealkylation sites (tertiary alicyclic amines) is 2. The van der Waals surface area contributed by atoms with Crippen LogP contribution in [0.2, 0.25) is 0 Å².